The molecule has 0 atom stereocenters. The Balaban J connectivity index is 3.94. The molecule has 0 rings (SSSR count). The molecule has 0 saturated carbocycles. The lowest BCUT2D eigenvalue weighted by molar-refractivity contribution is -0.136. The molecule has 0 N–H and O–H groups in total. The van der Waals surface area contributed by atoms with Gasteiger partial charge in [-0.25, -0.2) is 4.79 Å². The smallest absolute Gasteiger partial charge is 0.333 e. The van der Waals surface area contributed by atoms with Gasteiger partial charge in [0.15, 0.2) is 0 Å². The molecule has 0 spiro atoms. The van der Waals surface area contributed by atoms with E-state index in [9.17, 15) is 4.79 Å². The quantitative estimate of drug-likeness (QED) is 0.262. The molecule has 20 heavy (non-hydrogen) atoms. The van der Waals surface area contributed by atoms with Crippen LogP contribution in [-0.4, -0.2) is 13.1 Å². The maximum Gasteiger partial charge on any atom is 0.333 e. The Labute approximate surface area is 126 Å². The highest BCUT2D eigenvalue weighted by atomic mass is 16.5. The Morgan fingerprint density at radius 2 is 1.75 bits per heavy atom. The number of rotatable bonds is 12. The van der Waals surface area contributed by atoms with E-state index in [2.05, 4.69) is 26.8 Å². The van der Waals surface area contributed by atoms with Gasteiger partial charge in [-0.15, -0.1) is 0 Å². The van der Waals surface area contributed by atoms with E-state index in [1.165, 1.54) is 52.1 Å². The van der Waals surface area contributed by atoms with Crippen LogP contribution in [0.1, 0.15) is 85.0 Å². The van der Waals surface area contributed by atoms with Crippen LogP contribution in [0.5, 0.6) is 0 Å². The molecule has 0 heterocycles. The van der Waals surface area contributed by atoms with Crippen LogP contribution < -0.4 is 0 Å². The number of hydrogen-bond donors (Lipinski definition) is 0. The standard InChI is InChI=1S/C18H34O2/c1-5-6-7-11-14-17(18(19)20-4)15-12-9-8-10-13-16(2)3/h15-16H,5-14H2,1-4H3. The molecule has 0 aromatic heterocycles. The fourth-order valence-electron chi connectivity index (χ4n) is 2.31. The number of allylic oxidation sites excluding steroid dienone is 1. The van der Waals surface area contributed by atoms with Crippen LogP contribution in [0.3, 0.4) is 0 Å². The number of carbonyl (C=O) groups excluding carboxylic acids is 1. The van der Waals surface area contributed by atoms with E-state index >= 15 is 0 Å². The van der Waals surface area contributed by atoms with Gasteiger partial charge in [0.05, 0.1) is 7.11 Å². The second-order valence-corrected chi connectivity index (χ2v) is 6.06. The summed E-state index contributed by atoms with van der Waals surface area (Å²) in [6, 6.07) is 0. The minimum absolute atomic E-state index is 0.135. The van der Waals surface area contributed by atoms with Crippen LogP contribution in [0.4, 0.5) is 0 Å². The summed E-state index contributed by atoms with van der Waals surface area (Å²) in [6.45, 7) is 6.74. The average Bonchev–Trinajstić information content (AvgIpc) is 2.43. The van der Waals surface area contributed by atoms with Gasteiger partial charge >= 0.3 is 5.97 Å². The highest BCUT2D eigenvalue weighted by molar-refractivity contribution is 5.88. The lowest BCUT2D eigenvalue weighted by Gasteiger charge is -2.06. The first-order valence-corrected chi connectivity index (χ1v) is 8.39. The van der Waals surface area contributed by atoms with Crippen molar-refractivity contribution in [2.45, 2.75) is 85.0 Å². The minimum Gasteiger partial charge on any atom is -0.466 e. The Morgan fingerprint density at radius 1 is 1.05 bits per heavy atom. The summed E-state index contributed by atoms with van der Waals surface area (Å²) in [7, 11) is 1.48. The van der Waals surface area contributed by atoms with Crippen molar-refractivity contribution < 1.29 is 9.53 Å². The molecule has 0 unspecified atom stereocenters. The summed E-state index contributed by atoms with van der Waals surface area (Å²) in [5.41, 5.74) is 0.882. The molecular weight excluding hydrogens is 248 g/mol. The van der Waals surface area contributed by atoms with Crippen LogP contribution in [0.2, 0.25) is 0 Å². The molecule has 0 radical (unpaired) electrons. The SMILES string of the molecule is CCCCCCC(=CCCCCCC(C)C)C(=O)OC. The van der Waals surface area contributed by atoms with Crippen LogP contribution >= 0.6 is 0 Å². The van der Waals surface area contributed by atoms with Crippen molar-refractivity contribution in [2.24, 2.45) is 5.92 Å². The molecule has 2 nitrogen and oxygen atoms in total. The van der Waals surface area contributed by atoms with E-state index in [1.54, 1.807) is 0 Å². The zero-order chi connectivity index (χ0) is 15.2. The molecule has 2 heteroatoms. The molecular formula is C18H34O2. The van der Waals surface area contributed by atoms with Gasteiger partial charge in [-0.1, -0.05) is 65.4 Å². The average molecular weight is 282 g/mol. The topological polar surface area (TPSA) is 26.3 Å². The number of hydrogen-bond acceptors (Lipinski definition) is 2. The van der Waals surface area contributed by atoms with Crippen molar-refractivity contribution in [2.75, 3.05) is 7.11 Å². The van der Waals surface area contributed by atoms with E-state index in [1.807, 2.05) is 0 Å². The van der Waals surface area contributed by atoms with Gasteiger partial charge in [0.25, 0.3) is 0 Å². The molecule has 0 aliphatic carbocycles. The Morgan fingerprint density at radius 3 is 2.35 bits per heavy atom. The van der Waals surface area contributed by atoms with Crippen molar-refractivity contribution in [1.29, 1.82) is 0 Å². The monoisotopic (exact) mass is 282 g/mol. The highest BCUT2D eigenvalue weighted by Crippen LogP contribution is 2.15. The third-order valence-corrected chi connectivity index (χ3v) is 3.62. The second kappa shape index (κ2) is 13.2. The zero-order valence-corrected chi connectivity index (χ0v) is 14.0. The number of methoxy groups -OCH3 is 1. The predicted molar refractivity (Wildman–Crippen MR) is 86.8 cm³/mol. The molecule has 118 valence electrons. The maximum absolute atomic E-state index is 11.7. The van der Waals surface area contributed by atoms with Crippen molar-refractivity contribution >= 4 is 5.97 Å². The predicted octanol–water partition coefficient (Wildman–Crippen LogP) is 5.66. The van der Waals surface area contributed by atoms with E-state index in [-0.39, 0.29) is 5.97 Å². The van der Waals surface area contributed by atoms with Crippen LogP contribution in [0.15, 0.2) is 11.6 Å². The lowest BCUT2D eigenvalue weighted by atomic mass is 10.0. The Kier molecular flexibility index (Phi) is 12.7. The number of unbranched alkanes of at least 4 members (excludes halogenated alkanes) is 6. The second-order valence-electron chi connectivity index (χ2n) is 6.06. The molecule has 0 fully saturated rings. The third kappa shape index (κ3) is 11.1. The van der Waals surface area contributed by atoms with Gasteiger partial charge < -0.3 is 4.74 Å². The molecule has 0 saturated heterocycles. The Bertz CT molecular complexity index is 267. The summed E-state index contributed by atoms with van der Waals surface area (Å²) in [6.07, 6.45) is 13.8. The first kappa shape index (κ1) is 19.2. The van der Waals surface area contributed by atoms with Gasteiger partial charge in [0.2, 0.25) is 0 Å². The molecule has 0 aliphatic heterocycles. The van der Waals surface area contributed by atoms with E-state index in [4.69, 9.17) is 4.74 Å². The number of esters is 1. The lowest BCUT2D eigenvalue weighted by Crippen LogP contribution is -2.05. The first-order chi connectivity index (χ1) is 9.61. The van der Waals surface area contributed by atoms with Crippen LogP contribution in [0.25, 0.3) is 0 Å². The molecule has 0 aliphatic rings. The van der Waals surface area contributed by atoms with Crippen molar-refractivity contribution in [3.8, 4) is 0 Å². The van der Waals surface area contributed by atoms with Crippen LogP contribution in [-0.2, 0) is 9.53 Å². The normalized spacial score (nSPS) is 11.9. The maximum atomic E-state index is 11.7. The van der Waals surface area contributed by atoms with E-state index < -0.39 is 0 Å². The van der Waals surface area contributed by atoms with Crippen molar-refractivity contribution in [3.63, 3.8) is 0 Å². The first-order valence-electron chi connectivity index (χ1n) is 8.39. The van der Waals surface area contributed by atoms with Gasteiger partial charge in [0, 0.05) is 5.57 Å². The fraction of sp³-hybridized carbons (Fsp3) is 0.833. The number of ether oxygens (including phenoxy) is 1. The van der Waals surface area contributed by atoms with E-state index in [0.29, 0.717) is 0 Å². The van der Waals surface area contributed by atoms with Gasteiger partial charge in [-0.2, -0.15) is 0 Å². The summed E-state index contributed by atoms with van der Waals surface area (Å²) in [5.74, 6) is 0.665. The van der Waals surface area contributed by atoms with Gasteiger partial charge in [-0.05, 0) is 31.6 Å². The molecule has 0 aromatic carbocycles. The fourth-order valence-corrected chi connectivity index (χ4v) is 2.31. The largest absolute Gasteiger partial charge is 0.466 e. The van der Waals surface area contributed by atoms with Crippen LogP contribution in [0, 0.1) is 5.92 Å². The summed E-state index contributed by atoms with van der Waals surface area (Å²) >= 11 is 0. The third-order valence-electron chi connectivity index (χ3n) is 3.62. The zero-order valence-electron chi connectivity index (χ0n) is 14.0. The number of carbonyl (C=O) groups is 1. The Hall–Kier alpha value is -0.790. The summed E-state index contributed by atoms with van der Waals surface area (Å²) in [4.78, 5) is 11.7. The molecule has 0 bridgehead atoms. The van der Waals surface area contributed by atoms with Gasteiger partial charge in [0.1, 0.15) is 0 Å². The minimum atomic E-state index is -0.135. The molecule has 0 amide bonds. The molecule has 0 aromatic rings. The van der Waals surface area contributed by atoms with E-state index in [0.717, 1.165) is 30.8 Å². The van der Waals surface area contributed by atoms with Crippen molar-refractivity contribution in [3.05, 3.63) is 11.6 Å². The van der Waals surface area contributed by atoms with Crippen molar-refractivity contribution in [1.82, 2.24) is 0 Å². The van der Waals surface area contributed by atoms with Gasteiger partial charge in [-0.3, -0.25) is 0 Å². The highest BCUT2D eigenvalue weighted by Gasteiger charge is 2.08. The summed E-state index contributed by atoms with van der Waals surface area (Å²) in [5, 5.41) is 0. The summed E-state index contributed by atoms with van der Waals surface area (Å²) < 4.78 is 4.87.